The van der Waals surface area contributed by atoms with E-state index < -0.39 is 0 Å². The smallest absolute Gasteiger partial charge is 0.187 e. The summed E-state index contributed by atoms with van der Waals surface area (Å²) in [6.07, 6.45) is 4.28. The highest BCUT2D eigenvalue weighted by Crippen LogP contribution is 2.36. The number of aliphatic hydroxyl groups excluding tert-OH is 1. The van der Waals surface area contributed by atoms with Gasteiger partial charge in [-0.3, -0.25) is 0 Å². The minimum absolute atomic E-state index is 0.0386. The second-order valence-corrected chi connectivity index (χ2v) is 4.96. The van der Waals surface area contributed by atoms with E-state index in [0.717, 1.165) is 16.6 Å². The Hall–Kier alpha value is -0.580. The Morgan fingerprint density at radius 2 is 2.40 bits per heavy atom. The number of aliphatic hydroxyl groups is 1. The molecule has 1 aliphatic carbocycles. The van der Waals surface area contributed by atoms with Crippen LogP contribution in [0.5, 0.6) is 0 Å². The van der Waals surface area contributed by atoms with Crippen LogP contribution in [0.15, 0.2) is 12.7 Å². The summed E-state index contributed by atoms with van der Waals surface area (Å²) in [7, 11) is 0. The lowest BCUT2D eigenvalue weighted by Gasteiger charge is -2.18. The van der Waals surface area contributed by atoms with Crippen LogP contribution in [0.2, 0.25) is 5.15 Å². The van der Waals surface area contributed by atoms with E-state index in [4.69, 9.17) is 16.7 Å². The number of hydrogen-bond acceptors (Lipinski definition) is 4. The number of thiazole rings is 1. The number of halogens is 1. The Morgan fingerprint density at radius 3 is 2.87 bits per heavy atom. The molecule has 0 bridgehead atoms. The SMILES string of the molecule is C=CCN(c1nc(Cl)c(CO)s1)C1CC1. The van der Waals surface area contributed by atoms with Crippen molar-refractivity contribution in [2.45, 2.75) is 25.5 Å². The number of hydrogen-bond donors (Lipinski definition) is 1. The van der Waals surface area contributed by atoms with Gasteiger partial charge in [-0.1, -0.05) is 29.0 Å². The van der Waals surface area contributed by atoms with Crippen molar-refractivity contribution in [1.29, 1.82) is 0 Å². The van der Waals surface area contributed by atoms with Crippen LogP contribution >= 0.6 is 22.9 Å². The van der Waals surface area contributed by atoms with Gasteiger partial charge in [0.25, 0.3) is 0 Å². The zero-order chi connectivity index (χ0) is 10.8. The predicted molar refractivity (Wildman–Crippen MR) is 63.6 cm³/mol. The normalized spacial score (nSPS) is 15.3. The van der Waals surface area contributed by atoms with E-state index in [2.05, 4.69) is 16.5 Å². The molecule has 1 heterocycles. The predicted octanol–water partition coefficient (Wildman–Crippen LogP) is 2.44. The Bertz CT molecular complexity index is 362. The third kappa shape index (κ3) is 2.33. The molecule has 1 saturated carbocycles. The standard InChI is InChI=1S/C10H13ClN2OS/c1-2-5-13(7-3-4-7)10-12-9(11)8(6-14)15-10/h2,7,14H,1,3-6H2. The summed E-state index contributed by atoms with van der Waals surface area (Å²) in [5, 5.41) is 10.4. The number of rotatable bonds is 5. The zero-order valence-electron chi connectivity index (χ0n) is 8.32. The lowest BCUT2D eigenvalue weighted by atomic mass is 10.5. The molecule has 15 heavy (non-hydrogen) atoms. The van der Waals surface area contributed by atoms with Crippen molar-refractivity contribution in [1.82, 2.24) is 4.98 Å². The van der Waals surface area contributed by atoms with Crippen LogP contribution in [0.3, 0.4) is 0 Å². The maximum atomic E-state index is 9.04. The second-order valence-electron chi connectivity index (χ2n) is 3.54. The van der Waals surface area contributed by atoms with Gasteiger partial charge >= 0.3 is 0 Å². The molecule has 0 atom stereocenters. The first-order chi connectivity index (χ1) is 7.26. The minimum Gasteiger partial charge on any atom is -0.391 e. The van der Waals surface area contributed by atoms with Gasteiger partial charge in [0.2, 0.25) is 0 Å². The van der Waals surface area contributed by atoms with E-state index >= 15 is 0 Å². The van der Waals surface area contributed by atoms with Crippen molar-refractivity contribution in [2.24, 2.45) is 0 Å². The van der Waals surface area contributed by atoms with Gasteiger partial charge in [-0.25, -0.2) is 4.98 Å². The molecule has 0 spiro atoms. The van der Waals surface area contributed by atoms with Gasteiger partial charge in [0, 0.05) is 12.6 Å². The molecule has 0 unspecified atom stereocenters. The zero-order valence-corrected chi connectivity index (χ0v) is 9.89. The quantitative estimate of drug-likeness (QED) is 0.809. The summed E-state index contributed by atoms with van der Waals surface area (Å²) >= 11 is 7.36. The molecule has 0 aromatic carbocycles. The van der Waals surface area contributed by atoms with E-state index in [1.807, 2.05) is 6.08 Å². The molecule has 5 heteroatoms. The largest absolute Gasteiger partial charge is 0.391 e. The van der Waals surface area contributed by atoms with Crippen molar-refractivity contribution in [2.75, 3.05) is 11.4 Å². The monoisotopic (exact) mass is 244 g/mol. The summed E-state index contributed by atoms with van der Waals surface area (Å²) in [5.41, 5.74) is 0. The molecule has 1 N–H and O–H groups in total. The maximum Gasteiger partial charge on any atom is 0.187 e. The van der Waals surface area contributed by atoms with Crippen molar-refractivity contribution < 1.29 is 5.11 Å². The van der Waals surface area contributed by atoms with Crippen LogP contribution in [-0.4, -0.2) is 22.7 Å². The van der Waals surface area contributed by atoms with Crippen LogP contribution in [0.25, 0.3) is 0 Å². The van der Waals surface area contributed by atoms with E-state index in [1.54, 1.807) is 0 Å². The minimum atomic E-state index is -0.0386. The van der Waals surface area contributed by atoms with Crippen molar-refractivity contribution >= 4 is 28.1 Å². The van der Waals surface area contributed by atoms with E-state index in [-0.39, 0.29) is 6.61 Å². The van der Waals surface area contributed by atoms with E-state index in [1.165, 1.54) is 24.2 Å². The molecular formula is C10H13ClN2OS. The molecule has 82 valence electrons. The van der Waals surface area contributed by atoms with Gasteiger partial charge in [0.1, 0.15) is 5.15 Å². The molecule has 0 amide bonds. The highest BCUT2D eigenvalue weighted by atomic mass is 35.5. The molecular weight excluding hydrogens is 232 g/mol. The average molecular weight is 245 g/mol. The number of nitrogens with zero attached hydrogens (tertiary/aromatic N) is 2. The van der Waals surface area contributed by atoms with Crippen LogP contribution in [-0.2, 0) is 6.61 Å². The van der Waals surface area contributed by atoms with Crippen molar-refractivity contribution in [3.63, 3.8) is 0 Å². The lowest BCUT2D eigenvalue weighted by molar-refractivity contribution is 0.285. The molecule has 0 radical (unpaired) electrons. The molecule has 1 aliphatic rings. The third-order valence-corrected chi connectivity index (χ3v) is 3.84. The second kappa shape index (κ2) is 4.51. The number of aromatic nitrogens is 1. The van der Waals surface area contributed by atoms with Crippen LogP contribution in [0, 0.1) is 0 Å². The molecule has 0 aliphatic heterocycles. The molecule has 0 saturated heterocycles. The van der Waals surface area contributed by atoms with Crippen LogP contribution < -0.4 is 4.90 Å². The van der Waals surface area contributed by atoms with Crippen LogP contribution in [0.4, 0.5) is 5.13 Å². The Labute approximate surface area is 98.0 Å². The first kappa shape index (κ1) is 10.9. The molecule has 1 fully saturated rings. The lowest BCUT2D eigenvalue weighted by Crippen LogP contribution is -2.25. The van der Waals surface area contributed by atoms with Gasteiger partial charge in [0.05, 0.1) is 11.5 Å². The number of anilines is 1. The average Bonchev–Trinajstić information content (AvgIpc) is 2.99. The fourth-order valence-electron chi connectivity index (χ4n) is 1.45. The fraction of sp³-hybridized carbons (Fsp3) is 0.500. The van der Waals surface area contributed by atoms with E-state index in [9.17, 15) is 0 Å². The van der Waals surface area contributed by atoms with Gasteiger partial charge in [-0.05, 0) is 12.8 Å². The molecule has 1 aromatic rings. The van der Waals surface area contributed by atoms with Crippen molar-refractivity contribution in [3.05, 3.63) is 22.7 Å². The maximum absolute atomic E-state index is 9.04. The molecule has 2 rings (SSSR count). The molecule has 1 aromatic heterocycles. The summed E-state index contributed by atoms with van der Waals surface area (Å²) in [6.45, 7) is 4.49. The summed E-state index contributed by atoms with van der Waals surface area (Å²) < 4.78 is 0. The van der Waals surface area contributed by atoms with Gasteiger partial charge in [-0.15, -0.1) is 6.58 Å². The summed E-state index contributed by atoms with van der Waals surface area (Å²) in [4.78, 5) is 7.20. The Kier molecular flexibility index (Phi) is 3.29. The van der Waals surface area contributed by atoms with Gasteiger partial charge in [-0.2, -0.15) is 0 Å². The topological polar surface area (TPSA) is 36.4 Å². The van der Waals surface area contributed by atoms with Gasteiger partial charge in [0.15, 0.2) is 5.13 Å². The fourth-order valence-corrected chi connectivity index (χ4v) is 2.65. The Balaban J connectivity index is 2.20. The van der Waals surface area contributed by atoms with E-state index in [0.29, 0.717) is 11.2 Å². The third-order valence-electron chi connectivity index (χ3n) is 2.34. The van der Waals surface area contributed by atoms with Crippen LogP contribution in [0.1, 0.15) is 17.7 Å². The summed E-state index contributed by atoms with van der Waals surface area (Å²) in [5.74, 6) is 0. The Morgan fingerprint density at radius 1 is 1.67 bits per heavy atom. The van der Waals surface area contributed by atoms with Gasteiger partial charge < -0.3 is 10.0 Å². The first-order valence-corrected chi connectivity index (χ1v) is 6.09. The summed E-state index contributed by atoms with van der Waals surface area (Å²) in [6, 6.07) is 0.580. The highest BCUT2D eigenvalue weighted by Gasteiger charge is 2.30. The van der Waals surface area contributed by atoms with Crippen molar-refractivity contribution in [3.8, 4) is 0 Å². The molecule has 3 nitrogen and oxygen atoms in total. The first-order valence-electron chi connectivity index (χ1n) is 4.90. The highest BCUT2D eigenvalue weighted by molar-refractivity contribution is 7.16.